The van der Waals surface area contributed by atoms with Crippen LogP contribution in [0.25, 0.3) is 0 Å². The molecule has 0 heterocycles. The molecule has 36 heavy (non-hydrogen) atoms. The topological polar surface area (TPSA) is 72.8 Å². The third-order valence-corrected chi connectivity index (χ3v) is 9.13. The van der Waals surface area contributed by atoms with Gasteiger partial charge in [0.1, 0.15) is 17.8 Å². The average Bonchev–Trinajstić information content (AvgIpc) is 3.43. The lowest BCUT2D eigenvalue weighted by Gasteiger charge is -2.45. The quantitative estimate of drug-likeness (QED) is 0.371. The van der Waals surface area contributed by atoms with Crippen LogP contribution in [0.1, 0.15) is 105 Å². The first-order chi connectivity index (χ1) is 16.9. The Morgan fingerprint density at radius 3 is 2.25 bits per heavy atom. The van der Waals surface area contributed by atoms with Gasteiger partial charge in [0.05, 0.1) is 0 Å². The van der Waals surface area contributed by atoms with E-state index in [1.807, 2.05) is 0 Å². The van der Waals surface area contributed by atoms with Crippen molar-refractivity contribution in [2.75, 3.05) is 0 Å². The standard InChI is InChI=1S/C31H44O5/c1-21(32)35-25-18-23(19-26(20-25)36-22(2)33)9-10-24-8-6-14-30(5)27(24)11-12-28(30)31(16-17-31)15-7-13-29(3,4)34/h9-10,25-28,34H,6,8,11-12,14-20H2,1-5H3/b23-9-,24-10+/t25?,26-,27?,28?,30+/m1/s1. The lowest BCUT2D eigenvalue weighted by atomic mass is 9.59. The fourth-order valence-electron chi connectivity index (χ4n) is 7.63. The largest absolute Gasteiger partial charge is 0.462 e. The molecule has 0 aromatic rings. The van der Waals surface area contributed by atoms with Gasteiger partial charge >= 0.3 is 11.9 Å². The molecule has 3 unspecified atom stereocenters. The zero-order valence-electron chi connectivity index (χ0n) is 22.8. The summed E-state index contributed by atoms with van der Waals surface area (Å²) in [5.41, 5.74) is 2.46. The van der Waals surface area contributed by atoms with Crippen LogP contribution in [0.2, 0.25) is 0 Å². The third kappa shape index (κ3) is 6.25. The number of allylic oxidation sites excluding steroid dienone is 3. The number of fused-ring (bicyclic) bond motifs is 1. The molecule has 0 saturated heterocycles. The minimum absolute atomic E-state index is 0.238. The summed E-state index contributed by atoms with van der Waals surface area (Å²) in [6.07, 6.45) is 15.6. The van der Waals surface area contributed by atoms with Crippen LogP contribution in [-0.4, -0.2) is 34.9 Å². The highest BCUT2D eigenvalue weighted by Crippen LogP contribution is 2.69. The zero-order chi connectivity index (χ0) is 26.1. The van der Waals surface area contributed by atoms with Gasteiger partial charge < -0.3 is 14.6 Å². The first kappa shape index (κ1) is 27.0. The van der Waals surface area contributed by atoms with Crippen molar-refractivity contribution in [3.05, 3.63) is 23.3 Å². The van der Waals surface area contributed by atoms with Crippen LogP contribution < -0.4 is 0 Å². The van der Waals surface area contributed by atoms with Crippen LogP contribution in [0.4, 0.5) is 0 Å². The lowest BCUT2D eigenvalue weighted by Crippen LogP contribution is -2.37. The minimum atomic E-state index is -0.922. The molecule has 5 atom stereocenters. The van der Waals surface area contributed by atoms with Gasteiger partial charge in [-0.2, -0.15) is 0 Å². The third-order valence-electron chi connectivity index (χ3n) is 9.13. The van der Waals surface area contributed by atoms with E-state index in [0.717, 1.165) is 12.8 Å². The summed E-state index contributed by atoms with van der Waals surface area (Å²) < 4.78 is 11.0. The molecule has 4 fully saturated rings. The number of esters is 2. The molecule has 0 bridgehead atoms. The van der Waals surface area contributed by atoms with E-state index in [2.05, 4.69) is 30.9 Å². The highest BCUT2D eigenvalue weighted by molar-refractivity contribution is 5.67. The molecule has 198 valence electrons. The second-order valence-corrected chi connectivity index (χ2v) is 12.6. The fourth-order valence-corrected chi connectivity index (χ4v) is 7.63. The van der Waals surface area contributed by atoms with E-state index >= 15 is 0 Å². The first-order valence-corrected chi connectivity index (χ1v) is 13.9. The molecule has 0 radical (unpaired) electrons. The summed E-state index contributed by atoms with van der Waals surface area (Å²) in [5.74, 6) is 7.10. The molecule has 0 aromatic carbocycles. The van der Waals surface area contributed by atoms with Crippen LogP contribution in [0.5, 0.6) is 0 Å². The SMILES string of the molecule is CC(=O)OC1C/C(=C/C=C2\CCC[C@@]3(C)C2CCC3C2(CC#CC(C)(C)O)CC2)C[C@@H](OC(C)=O)C1. The van der Waals surface area contributed by atoms with E-state index in [9.17, 15) is 14.7 Å². The van der Waals surface area contributed by atoms with Crippen molar-refractivity contribution in [2.24, 2.45) is 22.7 Å². The smallest absolute Gasteiger partial charge is 0.302 e. The summed E-state index contributed by atoms with van der Waals surface area (Å²) in [6, 6.07) is 0. The predicted octanol–water partition coefficient (Wildman–Crippen LogP) is 6.05. The van der Waals surface area contributed by atoms with Gasteiger partial charge in [-0.25, -0.2) is 0 Å². The minimum Gasteiger partial charge on any atom is -0.462 e. The molecule has 4 aliphatic rings. The maximum Gasteiger partial charge on any atom is 0.302 e. The molecule has 0 aliphatic heterocycles. The lowest BCUT2D eigenvalue weighted by molar-refractivity contribution is -0.154. The van der Waals surface area contributed by atoms with Gasteiger partial charge in [0.2, 0.25) is 0 Å². The highest BCUT2D eigenvalue weighted by atomic mass is 16.6. The fraction of sp³-hybridized carbons (Fsp3) is 0.742. The van der Waals surface area contributed by atoms with Gasteiger partial charge in [-0.1, -0.05) is 42.1 Å². The summed E-state index contributed by atoms with van der Waals surface area (Å²) in [7, 11) is 0. The van der Waals surface area contributed by atoms with Crippen LogP contribution in [0.3, 0.4) is 0 Å². The predicted molar refractivity (Wildman–Crippen MR) is 140 cm³/mol. The molecule has 5 heteroatoms. The number of carbonyl (C=O) groups excluding carboxylic acids is 2. The van der Waals surface area contributed by atoms with E-state index < -0.39 is 5.60 Å². The Kier molecular flexibility index (Phi) is 7.77. The normalized spacial score (nSPS) is 35.5. The van der Waals surface area contributed by atoms with E-state index in [0.29, 0.717) is 41.9 Å². The van der Waals surface area contributed by atoms with Crippen molar-refractivity contribution in [1.29, 1.82) is 0 Å². The number of aliphatic hydroxyl groups is 1. The van der Waals surface area contributed by atoms with Crippen molar-refractivity contribution < 1.29 is 24.2 Å². The number of rotatable bonds is 5. The van der Waals surface area contributed by atoms with Crippen LogP contribution in [0.15, 0.2) is 23.3 Å². The Morgan fingerprint density at radius 2 is 1.69 bits per heavy atom. The summed E-state index contributed by atoms with van der Waals surface area (Å²) >= 11 is 0. The maximum absolute atomic E-state index is 11.6. The van der Waals surface area contributed by atoms with Gasteiger partial charge in [-0.15, -0.1) is 0 Å². The Morgan fingerprint density at radius 1 is 1.06 bits per heavy atom. The van der Waals surface area contributed by atoms with Crippen molar-refractivity contribution in [1.82, 2.24) is 0 Å². The van der Waals surface area contributed by atoms with Gasteiger partial charge in [-0.3, -0.25) is 9.59 Å². The highest BCUT2D eigenvalue weighted by Gasteiger charge is 2.60. The molecule has 0 spiro atoms. The molecule has 4 rings (SSSR count). The second-order valence-electron chi connectivity index (χ2n) is 12.6. The number of hydrogen-bond acceptors (Lipinski definition) is 5. The Hall–Kier alpha value is -2.06. The monoisotopic (exact) mass is 496 g/mol. The van der Waals surface area contributed by atoms with E-state index in [-0.39, 0.29) is 24.1 Å². The molecule has 4 saturated carbocycles. The van der Waals surface area contributed by atoms with Crippen LogP contribution in [-0.2, 0) is 19.1 Å². The number of carbonyl (C=O) groups is 2. The average molecular weight is 497 g/mol. The zero-order valence-corrected chi connectivity index (χ0v) is 22.8. The van der Waals surface area contributed by atoms with Gasteiger partial charge in [0.25, 0.3) is 0 Å². The molecule has 0 amide bonds. The number of hydrogen-bond donors (Lipinski definition) is 1. The van der Waals surface area contributed by atoms with Gasteiger partial charge in [0, 0.05) is 39.5 Å². The van der Waals surface area contributed by atoms with Crippen molar-refractivity contribution in [3.8, 4) is 11.8 Å². The van der Waals surface area contributed by atoms with Crippen molar-refractivity contribution in [3.63, 3.8) is 0 Å². The Bertz CT molecular complexity index is 957. The molecule has 4 aliphatic carbocycles. The van der Waals surface area contributed by atoms with E-state index in [1.54, 1.807) is 19.4 Å². The molecule has 1 N–H and O–H groups in total. The summed E-state index contributed by atoms with van der Waals surface area (Å²) in [6.45, 7) is 8.90. The molecule has 5 nitrogen and oxygen atoms in total. The first-order valence-electron chi connectivity index (χ1n) is 13.9. The van der Waals surface area contributed by atoms with E-state index in [1.165, 1.54) is 57.9 Å². The van der Waals surface area contributed by atoms with Crippen molar-refractivity contribution >= 4 is 11.9 Å². The van der Waals surface area contributed by atoms with Crippen LogP contribution >= 0.6 is 0 Å². The maximum atomic E-state index is 11.6. The molecular weight excluding hydrogens is 452 g/mol. The number of ether oxygens (including phenoxy) is 2. The van der Waals surface area contributed by atoms with Gasteiger partial charge in [-0.05, 0) is 81.5 Å². The Labute approximate surface area is 217 Å². The summed E-state index contributed by atoms with van der Waals surface area (Å²) in [4.78, 5) is 23.1. The second kappa shape index (κ2) is 10.4. The van der Waals surface area contributed by atoms with Crippen molar-refractivity contribution in [2.45, 2.75) is 123 Å². The Balaban J connectivity index is 1.50. The van der Waals surface area contributed by atoms with E-state index in [4.69, 9.17) is 9.47 Å². The summed E-state index contributed by atoms with van der Waals surface area (Å²) in [5, 5.41) is 10.0. The van der Waals surface area contributed by atoms with Gasteiger partial charge in [0.15, 0.2) is 0 Å². The van der Waals surface area contributed by atoms with Crippen LogP contribution in [0, 0.1) is 34.5 Å². The molecule has 0 aromatic heterocycles. The molecular formula is C31H44O5.